The zero-order chi connectivity index (χ0) is 15.0. The number of hydrogen-bond donors (Lipinski definition) is 1. The average Bonchev–Trinajstić information content (AvgIpc) is 3.03. The molecule has 21 heavy (non-hydrogen) atoms. The van der Waals surface area contributed by atoms with Crippen LogP contribution in [-0.4, -0.2) is 34.5 Å². The molecule has 1 aliphatic rings. The van der Waals surface area contributed by atoms with Gasteiger partial charge >= 0.3 is 5.97 Å². The van der Waals surface area contributed by atoms with Crippen LogP contribution in [0.1, 0.15) is 35.2 Å². The minimum atomic E-state index is -0.842. The van der Waals surface area contributed by atoms with E-state index in [-0.39, 0.29) is 18.4 Å². The van der Waals surface area contributed by atoms with Gasteiger partial charge in [-0.2, -0.15) is 0 Å². The number of carbonyl (C=O) groups is 2. The lowest BCUT2D eigenvalue weighted by Crippen LogP contribution is -2.36. The molecule has 1 aromatic carbocycles. The fourth-order valence-corrected chi connectivity index (χ4v) is 4.00. The molecule has 1 unspecified atom stereocenters. The number of aliphatic carboxylic acids is 1. The lowest BCUT2D eigenvalue weighted by Gasteiger charge is -2.23. The predicted molar refractivity (Wildman–Crippen MR) is 82.9 cm³/mol. The van der Waals surface area contributed by atoms with E-state index in [1.807, 2.05) is 24.4 Å². The second-order valence-corrected chi connectivity index (χ2v) is 6.45. The van der Waals surface area contributed by atoms with E-state index in [1.54, 1.807) is 16.2 Å². The summed E-state index contributed by atoms with van der Waals surface area (Å²) in [4.78, 5) is 25.4. The Morgan fingerprint density at radius 1 is 1.43 bits per heavy atom. The van der Waals surface area contributed by atoms with Crippen molar-refractivity contribution >= 4 is 33.3 Å². The van der Waals surface area contributed by atoms with Gasteiger partial charge < -0.3 is 10.0 Å². The van der Waals surface area contributed by atoms with Crippen molar-refractivity contribution in [3.05, 3.63) is 34.7 Å². The van der Waals surface area contributed by atoms with Crippen molar-refractivity contribution in [2.24, 2.45) is 0 Å². The molecule has 1 N–H and O–H groups in total. The minimum Gasteiger partial charge on any atom is -0.481 e. The number of fused-ring (bicyclic) bond motifs is 1. The molecule has 1 saturated heterocycles. The van der Waals surface area contributed by atoms with Crippen LogP contribution in [0.25, 0.3) is 10.1 Å². The van der Waals surface area contributed by atoms with Crippen LogP contribution in [0.2, 0.25) is 0 Å². The van der Waals surface area contributed by atoms with E-state index in [9.17, 15) is 9.59 Å². The summed E-state index contributed by atoms with van der Waals surface area (Å²) in [6.45, 7) is 2.68. The van der Waals surface area contributed by atoms with Gasteiger partial charge in [-0.1, -0.05) is 12.1 Å². The Hall–Kier alpha value is -1.88. The lowest BCUT2D eigenvalue weighted by molar-refractivity contribution is -0.137. The fourth-order valence-electron chi connectivity index (χ4n) is 2.97. The van der Waals surface area contributed by atoms with Gasteiger partial charge in [0, 0.05) is 28.1 Å². The summed E-state index contributed by atoms with van der Waals surface area (Å²) in [5.41, 5.74) is 1.88. The molecule has 1 atom stereocenters. The molecule has 3 rings (SSSR count). The summed E-state index contributed by atoms with van der Waals surface area (Å²) in [7, 11) is 0. The monoisotopic (exact) mass is 303 g/mol. The summed E-state index contributed by atoms with van der Waals surface area (Å²) in [5.74, 6) is -0.876. The first kappa shape index (κ1) is 14.1. The van der Waals surface area contributed by atoms with Gasteiger partial charge in [0.2, 0.25) is 0 Å². The third-order valence-corrected chi connectivity index (χ3v) is 4.95. The van der Waals surface area contributed by atoms with E-state index in [4.69, 9.17) is 5.11 Å². The Kier molecular flexibility index (Phi) is 3.68. The molecule has 110 valence electrons. The quantitative estimate of drug-likeness (QED) is 0.946. The number of carboxylic acids is 1. The van der Waals surface area contributed by atoms with E-state index in [2.05, 4.69) is 6.07 Å². The number of likely N-dealkylation sites (tertiary alicyclic amines) is 1. The van der Waals surface area contributed by atoms with Crippen LogP contribution < -0.4 is 0 Å². The number of hydrogen-bond acceptors (Lipinski definition) is 3. The van der Waals surface area contributed by atoms with Crippen molar-refractivity contribution in [3.8, 4) is 0 Å². The van der Waals surface area contributed by atoms with Gasteiger partial charge in [-0.25, -0.2) is 0 Å². The molecule has 1 amide bonds. The number of thiophene rings is 1. The number of carboxylic acid groups (broad SMARTS) is 1. The molecule has 0 spiro atoms. The Morgan fingerprint density at radius 2 is 2.24 bits per heavy atom. The summed E-state index contributed by atoms with van der Waals surface area (Å²) < 4.78 is 1.10. The van der Waals surface area contributed by atoms with Crippen LogP contribution >= 0.6 is 11.3 Å². The van der Waals surface area contributed by atoms with Gasteiger partial charge in [0.25, 0.3) is 5.91 Å². The molecule has 4 nitrogen and oxygen atoms in total. The Morgan fingerprint density at radius 3 is 3.00 bits per heavy atom. The maximum Gasteiger partial charge on any atom is 0.305 e. The highest BCUT2D eigenvalue weighted by atomic mass is 32.1. The van der Waals surface area contributed by atoms with Crippen molar-refractivity contribution in [2.45, 2.75) is 32.2 Å². The molecular formula is C16H17NO3S. The Balaban J connectivity index is 1.91. The van der Waals surface area contributed by atoms with Gasteiger partial charge in [-0.15, -0.1) is 11.3 Å². The number of carbonyl (C=O) groups excluding carboxylic acids is 1. The molecule has 1 fully saturated rings. The molecule has 0 saturated carbocycles. The van der Waals surface area contributed by atoms with E-state index < -0.39 is 5.97 Å². The standard InChI is InChI=1S/C16H17NO3S/c1-10-4-5-12-13(9-21-14(12)7-10)16(20)17-6-2-3-11(17)8-15(18)19/h4-5,7,9,11H,2-3,6,8H2,1H3,(H,18,19). The van der Waals surface area contributed by atoms with E-state index in [1.165, 1.54) is 5.56 Å². The predicted octanol–water partition coefficient (Wildman–Crippen LogP) is 3.29. The Bertz CT molecular complexity index is 707. The maximum absolute atomic E-state index is 12.7. The molecule has 2 aromatic rings. The van der Waals surface area contributed by atoms with Crippen molar-refractivity contribution in [2.75, 3.05) is 6.54 Å². The van der Waals surface area contributed by atoms with Crippen LogP contribution in [-0.2, 0) is 4.79 Å². The van der Waals surface area contributed by atoms with Gasteiger partial charge in [-0.3, -0.25) is 9.59 Å². The maximum atomic E-state index is 12.7. The Labute approximate surface area is 127 Å². The second kappa shape index (κ2) is 5.48. The second-order valence-electron chi connectivity index (χ2n) is 5.54. The topological polar surface area (TPSA) is 57.6 Å². The van der Waals surface area contributed by atoms with Gasteiger partial charge in [0.1, 0.15) is 0 Å². The number of rotatable bonds is 3. The molecular weight excluding hydrogens is 286 g/mol. The summed E-state index contributed by atoms with van der Waals surface area (Å²) in [5, 5.41) is 11.8. The smallest absolute Gasteiger partial charge is 0.305 e. The van der Waals surface area contributed by atoms with E-state index in [0.29, 0.717) is 12.1 Å². The third kappa shape index (κ3) is 2.65. The van der Waals surface area contributed by atoms with Gasteiger partial charge in [-0.05, 0) is 31.4 Å². The number of amides is 1. The largest absolute Gasteiger partial charge is 0.481 e. The van der Waals surface area contributed by atoms with Crippen LogP contribution in [0, 0.1) is 6.92 Å². The van der Waals surface area contributed by atoms with E-state index in [0.717, 1.165) is 22.9 Å². The summed E-state index contributed by atoms with van der Waals surface area (Å²) >= 11 is 1.57. The van der Waals surface area contributed by atoms with Crippen LogP contribution in [0.3, 0.4) is 0 Å². The van der Waals surface area contributed by atoms with Gasteiger partial charge in [0.15, 0.2) is 0 Å². The highest BCUT2D eigenvalue weighted by Crippen LogP contribution is 2.30. The first-order valence-corrected chi connectivity index (χ1v) is 7.95. The van der Waals surface area contributed by atoms with Gasteiger partial charge in [0.05, 0.1) is 12.0 Å². The molecule has 5 heteroatoms. The SMILES string of the molecule is Cc1ccc2c(C(=O)N3CCCC3CC(=O)O)csc2c1. The van der Waals surface area contributed by atoms with Crippen molar-refractivity contribution in [1.29, 1.82) is 0 Å². The molecule has 0 aliphatic carbocycles. The first-order chi connectivity index (χ1) is 10.1. The molecule has 0 radical (unpaired) electrons. The zero-order valence-corrected chi connectivity index (χ0v) is 12.7. The summed E-state index contributed by atoms with van der Waals surface area (Å²) in [6.07, 6.45) is 1.69. The lowest BCUT2D eigenvalue weighted by atomic mass is 10.1. The summed E-state index contributed by atoms with van der Waals surface area (Å²) in [6, 6.07) is 5.90. The van der Waals surface area contributed by atoms with Crippen molar-refractivity contribution in [3.63, 3.8) is 0 Å². The molecule has 1 aromatic heterocycles. The van der Waals surface area contributed by atoms with Crippen LogP contribution in [0.15, 0.2) is 23.6 Å². The molecule has 2 heterocycles. The zero-order valence-electron chi connectivity index (χ0n) is 11.8. The van der Waals surface area contributed by atoms with E-state index >= 15 is 0 Å². The van der Waals surface area contributed by atoms with Crippen LogP contribution in [0.4, 0.5) is 0 Å². The molecule has 1 aliphatic heterocycles. The average molecular weight is 303 g/mol. The molecule has 0 bridgehead atoms. The normalized spacial score (nSPS) is 18.3. The first-order valence-electron chi connectivity index (χ1n) is 7.07. The van der Waals surface area contributed by atoms with Crippen molar-refractivity contribution in [1.82, 2.24) is 4.90 Å². The minimum absolute atomic E-state index is 0.0335. The van der Waals surface area contributed by atoms with Crippen molar-refractivity contribution < 1.29 is 14.7 Å². The third-order valence-electron chi connectivity index (χ3n) is 4.01. The number of aryl methyl sites for hydroxylation is 1. The highest BCUT2D eigenvalue weighted by molar-refractivity contribution is 7.17. The number of benzene rings is 1. The highest BCUT2D eigenvalue weighted by Gasteiger charge is 2.31. The number of nitrogens with zero attached hydrogens (tertiary/aromatic N) is 1. The fraction of sp³-hybridized carbons (Fsp3) is 0.375. The van der Waals surface area contributed by atoms with Crippen LogP contribution in [0.5, 0.6) is 0 Å².